The highest BCUT2D eigenvalue weighted by atomic mass is 16.5. The molecular weight excluding hydrogens is 352 g/mol. The maximum Gasteiger partial charge on any atom is 0.222 e. The van der Waals surface area contributed by atoms with E-state index in [0.29, 0.717) is 6.42 Å². The number of ether oxygens (including phenoxy) is 2. The molecular formula is C23H30N2O3. The Balaban J connectivity index is 1.41. The van der Waals surface area contributed by atoms with Crippen LogP contribution in [0.1, 0.15) is 17.5 Å². The van der Waals surface area contributed by atoms with E-state index in [9.17, 15) is 4.79 Å². The Bertz CT molecular complexity index is 770. The number of carbonyl (C=O) groups is 1. The molecule has 1 amide bonds. The number of piperazine rings is 1. The van der Waals surface area contributed by atoms with E-state index < -0.39 is 0 Å². The van der Waals surface area contributed by atoms with Gasteiger partial charge in [-0.15, -0.1) is 0 Å². The standard InChI is InChI=1S/C23H30N2O3/c1-27-21-8-5-6-19(18-21)12-13-24-14-16-25(17-15-24)23(26)11-10-20-7-3-4-9-22(20)28-2/h3-9,18H,10-17H2,1-2H3. The minimum absolute atomic E-state index is 0.235. The van der Waals surface area contributed by atoms with Crippen LogP contribution in [0.25, 0.3) is 0 Å². The number of carbonyl (C=O) groups excluding carboxylic acids is 1. The Hall–Kier alpha value is -2.53. The van der Waals surface area contributed by atoms with Crippen molar-refractivity contribution >= 4 is 5.91 Å². The second-order valence-corrected chi connectivity index (χ2v) is 7.14. The van der Waals surface area contributed by atoms with Gasteiger partial charge >= 0.3 is 0 Å². The molecule has 0 bridgehead atoms. The van der Waals surface area contributed by atoms with Gasteiger partial charge < -0.3 is 14.4 Å². The molecule has 5 nitrogen and oxygen atoms in total. The monoisotopic (exact) mass is 382 g/mol. The van der Waals surface area contributed by atoms with Crippen molar-refractivity contribution in [2.75, 3.05) is 46.9 Å². The molecule has 1 heterocycles. The fraction of sp³-hybridized carbons (Fsp3) is 0.435. The zero-order valence-electron chi connectivity index (χ0n) is 16.9. The van der Waals surface area contributed by atoms with Crippen molar-refractivity contribution in [1.82, 2.24) is 9.80 Å². The molecule has 2 aromatic carbocycles. The average Bonchev–Trinajstić information content (AvgIpc) is 2.76. The number of hydrogen-bond acceptors (Lipinski definition) is 4. The van der Waals surface area contributed by atoms with Crippen LogP contribution in [0.4, 0.5) is 0 Å². The molecule has 2 aromatic rings. The summed E-state index contributed by atoms with van der Waals surface area (Å²) in [6, 6.07) is 16.2. The second kappa shape index (κ2) is 10.1. The normalized spacial score (nSPS) is 14.7. The fourth-order valence-corrected chi connectivity index (χ4v) is 3.65. The maximum absolute atomic E-state index is 12.6. The van der Waals surface area contributed by atoms with E-state index in [1.807, 2.05) is 41.3 Å². The first-order chi connectivity index (χ1) is 13.7. The van der Waals surface area contributed by atoms with Gasteiger partial charge in [-0.25, -0.2) is 0 Å². The summed E-state index contributed by atoms with van der Waals surface area (Å²) >= 11 is 0. The predicted octanol–water partition coefficient (Wildman–Crippen LogP) is 3.02. The lowest BCUT2D eigenvalue weighted by Gasteiger charge is -2.35. The summed E-state index contributed by atoms with van der Waals surface area (Å²) < 4.78 is 10.7. The zero-order chi connectivity index (χ0) is 19.8. The van der Waals surface area contributed by atoms with E-state index in [1.165, 1.54) is 5.56 Å². The number of methoxy groups -OCH3 is 2. The van der Waals surface area contributed by atoms with E-state index >= 15 is 0 Å². The van der Waals surface area contributed by atoms with Gasteiger partial charge in [0.15, 0.2) is 0 Å². The molecule has 0 aromatic heterocycles. The molecule has 1 aliphatic heterocycles. The lowest BCUT2D eigenvalue weighted by molar-refractivity contribution is -0.132. The summed E-state index contributed by atoms with van der Waals surface area (Å²) in [6.45, 7) is 4.50. The number of amides is 1. The molecule has 1 fully saturated rings. The van der Waals surface area contributed by atoms with Gasteiger partial charge in [0.2, 0.25) is 5.91 Å². The first-order valence-electron chi connectivity index (χ1n) is 9.94. The largest absolute Gasteiger partial charge is 0.497 e. The van der Waals surface area contributed by atoms with Crippen molar-refractivity contribution in [3.05, 3.63) is 59.7 Å². The second-order valence-electron chi connectivity index (χ2n) is 7.14. The van der Waals surface area contributed by atoms with Crippen molar-refractivity contribution in [2.45, 2.75) is 19.3 Å². The lowest BCUT2D eigenvalue weighted by atomic mass is 10.1. The molecule has 5 heteroatoms. The van der Waals surface area contributed by atoms with Crippen molar-refractivity contribution in [3.8, 4) is 11.5 Å². The van der Waals surface area contributed by atoms with Gasteiger partial charge in [0.1, 0.15) is 11.5 Å². The van der Waals surface area contributed by atoms with Crippen LogP contribution in [0.3, 0.4) is 0 Å². The van der Waals surface area contributed by atoms with E-state index in [4.69, 9.17) is 9.47 Å². The van der Waals surface area contributed by atoms with E-state index in [0.717, 1.165) is 62.6 Å². The van der Waals surface area contributed by atoms with Crippen LogP contribution in [0.5, 0.6) is 11.5 Å². The number of nitrogens with zero attached hydrogens (tertiary/aromatic N) is 2. The van der Waals surface area contributed by atoms with Gasteiger partial charge in [0.05, 0.1) is 14.2 Å². The van der Waals surface area contributed by atoms with Crippen molar-refractivity contribution < 1.29 is 14.3 Å². The Morgan fingerprint density at radius 3 is 2.46 bits per heavy atom. The van der Waals surface area contributed by atoms with E-state index in [-0.39, 0.29) is 5.91 Å². The summed E-state index contributed by atoms with van der Waals surface area (Å²) in [5, 5.41) is 0. The van der Waals surface area contributed by atoms with Crippen LogP contribution in [0, 0.1) is 0 Å². The fourth-order valence-electron chi connectivity index (χ4n) is 3.65. The Morgan fingerprint density at radius 1 is 0.929 bits per heavy atom. The average molecular weight is 383 g/mol. The molecule has 0 N–H and O–H groups in total. The number of hydrogen-bond donors (Lipinski definition) is 0. The third-order valence-corrected chi connectivity index (χ3v) is 5.38. The minimum atomic E-state index is 0.235. The summed E-state index contributed by atoms with van der Waals surface area (Å²) in [5.41, 5.74) is 2.38. The van der Waals surface area contributed by atoms with Crippen molar-refractivity contribution in [2.24, 2.45) is 0 Å². The Kier molecular flexibility index (Phi) is 7.31. The van der Waals surface area contributed by atoms with E-state index in [2.05, 4.69) is 17.0 Å². The summed E-state index contributed by atoms with van der Waals surface area (Å²) in [6.07, 6.45) is 2.25. The van der Waals surface area contributed by atoms with Gasteiger partial charge in [0.25, 0.3) is 0 Å². The summed E-state index contributed by atoms with van der Waals surface area (Å²) in [7, 11) is 3.37. The predicted molar refractivity (Wildman–Crippen MR) is 111 cm³/mol. The SMILES string of the molecule is COc1cccc(CCN2CCN(C(=O)CCc3ccccc3OC)CC2)c1. The number of aryl methyl sites for hydroxylation is 1. The molecule has 150 valence electrons. The number of para-hydroxylation sites is 1. The highest BCUT2D eigenvalue weighted by Crippen LogP contribution is 2.19. The molecule has 28 heavy (non-hydrogen) atoms. The van der Waals surface area contributed by atoms with Crippen molar-refractivity contribution in [1.29, 1.82) is 0 Å². The van der Waals surface area contributed by atoms with Crippen LogP contribution in [0.2, 0.25) is 0 Å². The molecule has 1 saturated heterocycles. The minimum Gasteiger partial charge on any atom is -0.497 e. The van der Waals surface area contributed by atoms with Crippen molar-refractivity contribution in [3.63, 3.8) is 0 Å². The molecule has 3 rings (SSSR count). The van der Waals surface area contributed by atoms with Gasteiger partial charge in [-0.05, 0) is 42.2 Å². The quantitative estimate of drug-likeness (QED) is 0.704. The molecule has 0 atom stereocenters. The highest BCUT2D eigenvalue weighted by molar-refractivity contribution is 5.76. The van der Waals surface area contributed by atoms with Gasteiger partial charge in [-0.2, -0.15) is 0 Å². The zero-order valence-corrected chi connectivity index (χ0v) is 16.9. The van der Waals surface area contributed by atoms with Crippen LogP contribution in [0.15, 0.2) is 48.5 Å². The van der Waals surface area contributed by atoms with Gasteiger partial charge in [0, 0.05) is 39.1 Å². The molecule has 0 saturated carbocycles. The smallest absolute Gasteiger partial charge is 0.222 e. The lowest BCUT2D eigenvalue weighted by Crippen LogP contribution is -2.49. The summed E-state index contributed by atoms with van der Waals surface area (Å²) in [4.78, 5) is 17.0. The topological polar surface area (TPSA) is 42.0 Å². The van der Waals surface area contributed by atoms with Gasteiger partial charge in [-0.3, -0.25) is 9.69 Å². The molecule has 0 radical (unpaired) electrons. The van der Waals surface area contributed by atoms with Gasteiger partial charge in [-0.1, -0.05) is 30.3 Å². The first-order valence-corrected chi connectivity index (χ1v) is 9.94. The van der Waals surface area contributed by atoms with Crippen LogP contribution < -0.4 is 9.47 Å². The molecule has 0 spiro atoms. The van der Waals surface area contributed by atoms with Crippen LogP contribution >= 0.6 is 0 Å². The number of benzene rings is 2. The first kappa shape index (κ1) is 20.2. The summed E-state index contributed by atoms with van der Waals surface area (Å²) in [5.74, 6) is 2.00. The Labute approximate surface area is 167 Å². The van der Waals surface area contributed by atoms with Crippen LogP contribution in [-0.4, -0.2) is 62.7 Å². The molecule has 0 unspecified atom stereocenters. The highest BCUT2D eigenvalue weighted by Gasteiger charge is 2.21. The molecule has 0 aliphatic carbocycles. The third-order valence-electron chi connectivity index (χ3n) is 5.38. The van der Waals surface area contributed by atoms with E-state index in [1.54, 1.807) is 14.2 Å². The number of rotatable bonds is 8. The third kappa shape index (κ3) is 5.49. The Morgan fingerprint density at radius 2 is 1.71 bits per heavy atom. The maximum atomic E-state index is 12.6. The molecule has 1 aliphatic rings. The van der Waals surface area contributed by atoms with Crippen LogP contribution in [-0.2, 0) is 17.6 Å².